The molecule has 2 saturated heterocycles. The van der Waals surface area contributed by atoms with Crippen molar-refractivity contribution in [1.82, 2.24) is 20.4 Å². The molecule has 11 nitrogen and oxygen atoms in total. The van der Waals surface area contributed by atoms with E-state index in [0.29, 0.717) is 19.4 Å². The molecule has 9 atom stereocenters. The summed E-state index contributed by atoms with van der Waals surface area (Å²) in [5.41, 5.74) is 0.329. The van der Waals surface area contributed by atoms with E-state index in [1.54, 1.807) is 38.0 Å². The summed E-state index contributed by atoms with van der Waals surface area (Å²) in [6.07, 6.45) is 4.40. The molecule has 0 aliphatic carbocycles. The molecule has 2 heterocycles. The standard InChI is InChI=1S/C42H68N4O7/c1-11-28(4)38(45(8)41(51)32(27(2)3)25-36(48)42(7)21-15-16-22-43-42)35(52-9)26-37(49)46-23-17-20-34(46)39(53-10)29(5)40(50)44-33(30(6)47)24-31-18-13-12-14-19-31/h12-14,18-19,27-29,32-35,38-39,43H,11,15-17,20-26H2,1-10H3,(H,44,50)/t28-,29+,32-,33-,34-,35+,38-,39+,42+/m0/s1. The first-order chi connectivity index (χ1) is 25.1. The van der Waals surface area contributed by atoms with Crippen LogP contribution in [-0.2, 0) is 39.9 Å². The Bertz CT molecular complexity index is 1360. The number of carbonyl (C=O) groups excluding carboxylic acids is 5. The highest BCUT2D eigenvalue weighted by atomic mass is 16.5. The van der Waals surface area contributed by atoms with Gasteiger partial charge in [0.25, 0.3) is 0 Å². The second-order valence-electron chi connectivity index (χ2n) is 16.1. The monoisotopic (exact) mass is 741 g/mol. The average molecular weight is 741 g/mol. The Kier molecular flexibility index (Phi) is 17.1. The Hall–Kier alpha value is -3.15. The lowest BCUT2D eigenvalue weighted by atomic mass is 9.79. The lowest BCUT2D eigenvalue weighted by Crippen LogP contribution is -2.56. The zero-order chi connectivity index (χ0) is 39.5. The van der Waals surface area contributed by atoms with E-state index in [-0.39, 0.29) is 60.0 Å². The number of likely N-dealkylation sites (tertiary alicyclic amines) is 1. The molecule has 0 spiro atoms. The predicted octanol–water partition coefficient (Wildman–Crippen LogP) is 4.99. The molecule has 2 aliphatic rings. The molecule has 0 aromatic heterocycles. The Morgan fingerprint density at radius 3 is 2.23 bits per heavy atom. The van der Waals surface area contributed by atoms with Crippen LogP contribution in [0.1, 0.15) is 105 Å². The Morgan fingerprint density at radius 2 is 1.68 bits per heavy atom. The number of nitrogens with one attached hydrogen (secondary N) is 2. The molecular weight excluding hydrogens is 672 g/mol. The largest absolute Gasteiger partial charge is 0.379 e. The van der Waals surface area contributed by atoms with E-state index < -0.39 is 41.7 Å². The number of Topliss-reactive ketones (excluding diaryl/α,β-unsaturated/α-hetero) is 2. The second-order valence-corrected chi connectivity index (χ2v) is 16.1. The summed E-state index contributed by atoms with van der Waals surface area (Å²) in [4.78, 5) is 71.8. The number of ether oxygens (including phenoxy) is 2. The molecule has 0 saturated carbocycles. The minimum atomic E-state index is -0.675. The summed E-state index contributed by atoms with van der Waals surface area (Å²) < 4.78 is 12.0. The van der Waals surface area contributed by atoms with Crippen LogP contribution in [0.4, 0.5) is 0 Å². The van der Waals surface area contributed by atoms with Crippen molar-refractivity contribution in [3.05, 3.63) is 35.9 Å². The number of likely N-dealkylation sites (N-methyl/N-ethyl adjacent to an activating group) is 1. The molecule has 1 aromatic rings. The summed E-state index contributed by atoms with van der Waals surface area (Å²) in [5, 5.41) is 6.34. The molecule has 3 rings (SSSR count). The summed E-state index contributed by atoms with van der Waals surface area (Å²) in [6, 6.07) is 8.15. The van der Waals surface area contributed by atoms with Crippen LogP contribution in [0.5, 0.6) is 0 Å². The second kappa shape index (κ2) is 20.5. The number of benzene rings is 1. The highest BCUT2D eigenvalue weighted by molar-refractivity contribution is 5.92. The zero-order valence-electron chi connectivity index (χ0n) is 34.1. The first-order valence-corrected chi connectivity index (χ1v) is 19.8. The molecule has 0 unspecified atom stereocenters. The van der Waals surface area contributed by atoms with Crippen LogP contribution in [0, 0.1) is 23.7 Å². The van der Waals surface area contributed by atoms with Gasteiger partial charge in [-0.25, -0.2) is 0 Å². The van der Waals surface area contributed by atoms with Crippen molar-refractivity contribution in [2.75, 3.05) is 34.4 Å². The van der Waals surface area contributed by atoms with Crippen molar-refractivity contribution >= 4 is 29.3 Å². The van der Waals surface area contributed by atoms with Crippen LogP contribution >= 0.6 is 0 Å². The Balaban J connectivity index is 1.76. The van der Waals surface area contributed by atoms with Gasteiger partial charge in [-0.15, -0.1) is 0 Å². The van der Waals surface area contributed by atoms with Crippen LogP contribution in [0.2, 0.25) is 0 Å². The maximum Gasteiger partial charge on any atom is 0.226 e. The fourth-order valence-electron chi connectivity index (χ4n) is 8.34. The van der Waals surface area contributed by atoms with Crippen molar-refractivity contribution in [2.24, 2.45) is 23.7 Å². The lowest BCUT2D eigenvalue weighted by Gasteiger charge is -2.41. The fraction of sp³-hybridized carbons (Fsp3) is 0.738. The lowest BCUT2D eigenvalue weighted by molar-refractivity contribution is -0.149. The summed E-state index contributed by atoms with van der Waals surface area (Å²) >= 11 is 0. The van der Waals surface area contributed by atoms with E-state index in [9.17, 15) is 24.0 Å². The van der Waals surface area contributed by atoms with Crippen LogP contribution < -0.4 is 10.6 Å². The molecular formula is C42H68N4O7. The van der Waals surface area contributed by atoms with E-state index in [1.807, 2.05) is 51.1 Å². The molecule has 53 heavy (non-hydrogen) atoms. The quantitative estimate of drug-likeness (QED) is 0.191. The van der Waals surface area contributed by atoms with Gasteiger partial charge in [-0.05, 0) is 76.3 Å². The van der Waals surface area contributed by atoms with Gasteiger partial charge in [0.1, 0.15) is 0 Å². The van der Waals surface area contributed by atoms with E-state index >= 15 is 0 Å². The SMILES string of the molecule is CC[C@H](C)[C@@H]([C@@H](CC(=O)N1CCC[C@H]1[C@H](OC)[C@@H](C)C(=O)N[C@@H](Cc1ccccc1)C(C)=O)OC)N(C)C(=O)[C@@H](CC(=O)[C@@]1(C)CCCCN1)C(C)C. The van der Waals surface area contributed by atoms with E-state index in [1.165, 1.54) is 6.92 Å². The number of piperidine rings is 1. The third-order valence-electron chi connectivity index (χ3n) is 12.1. The van der Waals surface area contributed by atoms with Crippen LogP contribution in [0.15, 0.2) is 30.3 Å². The first-order valence-electron chi connectivity index (χ1n) is 19.8. The van der Waals surface area contributed by atoms with Gasteiger partial charge in [0.2, 0.25) is 17.7 Å². The Labute approximate surface area is 318 Å². The van der Waals surface area contributed by atoms with Gasteiger partial charge in [0.05, 0.1) is 48.2 Å². The van der Waals surface area contributed by atoms with Crippen LogP contribution in [0.25, 0.3) is 0 Å². The molecule has 2 N–H and O–H groups in total. The molecule has 2 aliphatic heterocycles. The average Bonchev–Trinajstić information content (AvgIpc) is 3.63. The molecule has 0 radical (unpaired) electrons. The smallest absolute Gasteiger partial charge is 0.226 e. The summed E-state index contributed by atoms with van der Waals surface area (Å²) in [7, 11) is 4.92. The third-order valence-corrected chi connectivity index (χ3v) is 12.1. The van der Waals surface area contributed by atoms with Gasteiger partial charge in [-0.1, -0.05) is 71.4 Å². The fourth-order valence-corrected chi connectivity index (χ4v) is 8.34. The van der Waals surface area contributed by atoms with Crippen molar-refractivity contribution in [1.29, 1.82) is 0 Å². The number of hydrogen-bond acceptors (Lipinski definition) is 8. The van der Waals surface area contributed by atoms with Crippen molar-refractivity contribution in [2.45, 2.75) is 142 Å². The van der Waals surface area contributed by atoms with Gasteiger partial charge in [-0.3, -0.25) is 24.0 Å². The number of rotatable bonds is 20. The van der Waals surface area contributed by atoms with E-state index in [0.717, 1.165) is 44.2 Å². The molecule has 2 fully saturated rings. The first kappa shape index (κ1) is 44.2. The highest BCUT2D eigenvalue weighted by Gasteiger charge is 2.44. The van der Waals surface area contributed by atoms with Crippen molar-refractivity contribution < 1.29 is 33.4 Å². The molecule has 3 amide bonds. The van der Waals surface area contributed by atoms with Crippen LogP contribution in [-0.4, -0.2) is 109 Å². The zero-order valence-corrected chi connectivity index (χ0v) is 34.1. The molecule has 1 aromatic carbocycles. The van der Waals surface area contributed by atoms with Gasteiger partial charge in [0.15, 0.2) is 11.6 Å². The minimum Gasteiger partial charge on any atom is -0.379 e. The number of amides is 3. The highest BCUT2D eigenvalue weighted by Crippen LogP contribution is 2.32. The van der Waals surface area contributed by atoms with Gasteiger partial charge in [-0.2, -0.15) is 0 Å². The third kappa shape index (κ3) is 11.4. The van der Waals surface area contributed by atoms with Crippen LogP contribution in [0.3, 0.4) is 0 Å². The Morgan fingerprint density at radius 1 is 1.00 bits per heavy atom. The number of carbonyl (C=O) groups is 5. The minimum absolute atomic E-state index is 0.0117. The van der Waals surface area contributed by atoms with Crippen molar-refractivity contribution in [3.8, 4) is 0 Å². The maximum absolute atomic E-state index is 14.3. The number of hydrogen-bond donors (Lipinski definition) is 2. The topological polar surface area (TPSA) is 134 Å². The van der Waals surface area contributed by atoms with Gasteiger partial charge < -0.3 is 29.9 Å². The maximum atomic E-state index is 14.3. The molecule has 11 heteroatoms. The molecule has 0 bridgehead atoms. The predicted molar refractivity (Wildman–Crippen MR) is 207 cm³/mol. The summed E-state index contributed by atoms with van der Waals surface area (Å²) in [5.74, 6) is -1.77. The number of nitrogens with zero attached hydrogens (tertiary/aromatic N) is 2. The van der Waals surface area contributed by atoms with Crippen molar-refractivity contribution in [3.63, 3.8) is 0 Å². The normalized spacial score (nSPS) is 23.0. The number of ketones is 2. The number of methoxy groups -OCH3 is 2. The van der Waals surface area contributed by atoms with E-state index in [2.05, 4.69) is 24.5 Å². The van der Waals surface area contributed by atoms with Gasteiger partial charge in [0, 0.05) is 40.2 Å². The van der Waals surface area contributed by atoms with Gasteiger partial charge >= 0.3 is 0 Å². The molecule has 298 valence electrons. The summed E-state index contributed by atoms with van der Waals surface area (Å²) in [6.45, 7) is 14.6. The van der Waals surface area contributed by atoms with E-state index in [4.69, 9.17) is 9.47 Å².